The molecule has 43 heavy (non-hydrogen) atoms. The maximum atomic E-state index is 13.7. The van der Waals surface area contributed by atoms with E-state index >= 15 is 0 Å². The second kappa shape index (κ2) is 10.5. The quantitative estimate of drug-likeness (QED) is 0.278. The first kappa shape index (κ1) is 28.1. The Morgan fingerprint density at radius 1 is 0.977 bits per heavy atom. The topological polar surface area (TPSA) is 97.4 Å². The molecule has 2 aliphatic heterocycles. The number of carbonyl (C=O) groups excluding carboxylic acids is 2. The third-order valence-electron chi connectivity index (χ3n) is 9.26. The summed E-state index contributed by atoms with van der Waals surface area (Å²) in [6.07, 6.45) is 4.74. The fourth-order valence-electron chi connectivity index (χ4n) is 6.58. The van der Waals surface area contributed by atoms with Crippen LogP contribution in [0.4, 0.5) is 0 Å². The van der Waals surface area contributed by atoms with E-state index in [1.165, 1.54) is 0 Å². The summed E-state index contributed by atoms with van der Waals surface area (Å²) in [5.41, 5.74) is 2.25. The van der Waals surface area contributed by atoms with E-state index in [0.29, 0.717) is 66.5 Å². The second-order valence-electron chi connectivity index (χ2n) is 12.9. The summed E-state index contributed by atoms with van der Waals surface area (Å²) in [7, 11) is 0. The minimum absolute atomic E-state index is 0.0583. The van der Waals surface area contributed by atoms with Crippen molar-refractivity contribution in [3.8, 4) is 0 Å². The Morgan fingerprint density at radius 3 is 2.44 bits per heavy atom. The molecule has 2 aromatic heterocycles. The van der Waals surface area contributed by atoms with Gasteiger partial charge >= 0.3 is 0 Å². The van der Waals surface area contributed by atoms with Crippen molar-refractivity contribution in [1.29, 1.82) is 0 Å². The molecule has 2 amide bonds. The molecule has 1 saturated carbocycles. The van der Waals surface area contributed by atoms with Crippen LogP contribution in [0.3, 0.4) is 0 Å². The number of benzene rings is 2. The van der Waals surface area contributed by atoms with E-state index in [-0.39, 0.29) is 34.5 Å². The monoisotopic (exact) mass is 618 g/mol. The van der Waals surface area contributed by atoms with E-state index < -0.39 is 0 Å². The molecule has 7 rings (SSSR count). The zero-order chi connectivity index (χ0) is 29.9. The Morgan fingerprint density at radius 2 is 1.72 bits per heavy atom. The molecule has 4 aromatic rings. The van der Waals surface area contributed by atoms with Crippen LogP contribution in [0.15, 0.2) is 65.3 Å². The standard InChI is InChI=1S/C32H32Cl2N6O3/c1-31(2)12-23(31)30(42)39-18-32(19-39)17-38(29(41)22-13-35-40(15-22)14-20-6-4-3-5-7-20)16-24(32)28-37-36-27(43-28)11-21-8-9-25(33)26(34)10-21/h3-10,13,15,23-24H,11-12,14,16-19H2,1-2H3/t23-,24+/m1/s1. The van der Waals surface area contributed by atoms with Crippen LogP contribution in [-0.2, 0) is 17.8 Å². The molecule has 1 aliphatic carbocycles. The van der Waals surface area contributed by atoms with Crippen LogP contribution in [0.1, 0.15) is 59.5 Å². The number of carbonyl (C=O) groups is 2. The average Bonchev–Trinajstić information content (AvgIpc) is 3.42. The predicted octanol–water partition coefficient (Wildman–Crippen LogP) is 5.33. The van der Waals surface area contributed by atoms with Gasteiger partial charge in [0.1, 0.15) is 0 Å². The SMILES string of the molecule is CC1(C)C[C@@H]1C(=O)N1CC2(CN(C(=O)c3cnn(Cc4ccccc4)c3)C[C@H]2c2nnc(Cc3ccc(Cl)c(Cl)c3)o2)C1. The van der Waals surface area contributed by atoms with Crippen molar-refractivity contribution in [2.75, 3.05) is 26.2 Å². The molecule has 3 aliphatic rings. The number of nitrogens with zero attached hydrogens (tertiary/aromatic N) is 6. The van der Waals surface area contributed by atoms with Crippen molar-refractivity contribution in [1.82, 2.24) is 29.8 Å². The maximum Gasteiger partial charge on any atom is 0.257 e. The summed E-state index contributed by atoms with van der Waals surface area (Å²) < 4.78 is 7.99. The van der Waals surface area contributed by atoms with E-state index in [1.807, 2.05) is 46.2 Å². The summed E-state index contributed by atoms with van der Waals surface area (Å²) in [4.78, 5) is 30.7. The minimum Gasteiger partial charge on any atom is -0.425 e. The minimum atomic E-state index is -0.349. The Bertz CT molecular complexity index is 1690. The fourth-order valence-corrected chi connectivity index (χ4v) is 6.90. The number of halogens is 2. The normalized spacial score (nSPS) is 21.7. The maximum absolute atomic E-state index is 13.7. The van der Waals surface area contributed by atoms with Gasteiger partial charge < -0.3 is 14.2 Å². The van der Waals surface area contributed by atoms with Gasteiger partial charge in [0.15, 0.2) is 0 Å². The summed E-state index contributed by atoms with van der Waals surface area (Å²) in [5.74, 6) is 0.935. The smallest absolute Gasteiger partial charge is 0.257 e. The van der Waals surface area contributed by atoms with Crippen molar-refractivity contribution in [2.24, 2.45) is 16.7 Å². The van der Waals surface area contributed by atoms with Crippen molar-refractivity contribution < 1.29 is 14.0 Å². The van der Waals surface area contributed by atoms with Gasteiger partial charge in [0.05, 0.1) is 40.7 Å². The van der Waals surface area contributed by atoms with Gasteiger partial charge in [-0.15, -0.1) is 10.2 Å². The highest BCUT2D eigenvalue weighted by molar-refractivity contribution is 6.42. The number of likely N-dealkylation sites (tertiary alicyclic amines) is 2. The zero-order valence-electron chi connectivity index (χ0n) is 24.0. The van der Waals surface area contributed by atoms with Gasteiger partial charge in [-0.25, -0.2) is 0 Å². The van der Waals surface area contributed by atoms with Crippen LogP contribution in [0.2, 0.25) is 10.0 Å². The first-order valence-electron chi connectivity index (χ1n) is 14.5. The highest BCUT2D eigenvalue weighted by Gasteiger charge is 2.61. The summed E-state index contributed by atoms with van der Waals surface area (Å²) in [5, 5.41) is 14.2. The summed E-state index contributed by atoms with van der Waals surface area (Å²) in [6, 6.07) is 15.4. The Hall–Kier alpha value is -3.69. The molecule has 2 atom stereocenters. The van der Waals surface area contributed by atoms with Crippen molar-refractivity contribution in [3.05, 3.63) is 99.4 Å². The van der Waals surface area contributed by atoms with Crippen LogP contribution in [0.5, 0.6) is 0 Å². The first-order chi connectivity index (χ1) is 20.6. The average molecular weight is 620 g/mol. The van der Waals surface area contributed by atoms with E-state index in [1.54, 1.807) is 29.2 Å². The third kappa shape index (κ3) is 5.33. The summed E-state index contributed by atoms with van der Waals surface area (Å²) >= 11 is 12.3. The molecule has 1 spiro atoms. The van der Waals surface area contributed by atoms with Gasteiger partial charge in [-0.05, 0) is 35.1 Å². The van der Waals surface area contributed by atoms with E-state index in [2.05, 4.69) is 29.1 Å². The molecular weight excluding hydrogens is 587 g/mol. The van der Waals surface area contributed by atoms with Gasteiger partial charge in [-0.3, -0.25) is 14.3 Å². The molecule has 0 N–H and O–H groups in total. The Labute approximate surface area is 259 Å². The lowest BCUT2D eigenvalue weighted by molar-refractivity contribution is -0.146. The van der Waals surface area contributed by atoms with Crippen LogP contribution >= 0.6 is 23.2 Å². The molecule has 222 valence electrons. The van der Waals surface area contributed by atoms with Gasteiger partial charge in [0.2, 0.25) is 17.7 Å². The molecule has 0 bridgehead atoms. The van der Waals surface area contributed by atoms with Crippen LogP contribution in [0.25, 0.3) is 0 Å². The number of aromatic nitrogens is 4. The molecule has 2 aromatic carbocycles. The zero-order valence-corrected chi connectivity index (χ0v) is 25.6. The largest absolute Gasteiger partial charge is 0.425 e. The Kier molecular flexibility index (Phi) is 6.85. The van der Waals surface area contributed by atoms with Gasteiger partial charge in [-0.1, -0.05) is 73.4 Å². The van der Waals surface area contributed by atoms with Crippen LogP contribution in [-0.4, -0.2) is 67.8 Å². The number of amides is 2. The molecule has 9 nitrogen and oxygen atoms in total. The molecule has 3 fully saturated rings. The van der Waals surface area contributed by atoms with Crippen LogP contribution < -0.4 is 0 Å². The van der Waals surface area contributed by atoms with Crippen molar-refractivity contribution in [3.63, 3.8) is 0 Å². The lowest BCUT2D eigenvalue weighted by Gasteiger charge is -2.50. The molecule has 0 radical (unpaired) electrons. The molecule has 2 saturated heterocycles. The van der Waals surface area contributed by atoms with E-state index in [4.69, 9.17) is 27.6 Å². The summed E-state index contributed by atoms with van der Waals surface area (Å²) in [6.45, 7) is 6.90. The molecule has 4 heterocycles. The van der Waals surface area contributed by atoms with Crippen molar-refractivity contribution >= 4 is 35.0 Å². The van der Waals surface area contributed by atoms with Gasteiger partial charge in [0.25, 0.3) is 5.91 Å². The number of hydrogen-bond donors (Lipinski definition) is 0. The van der Waals surface area contributed by atoms with Gasteiger partial charge in [0, 0.05) is 43.7 Å². The van der Waals surface area contributed by atoms with Crippen LogP contribution in [0, 0.1) is 16.7 Å². The fraction of sp³-hybridized carbons (Fsp3) is 0.406. The lowest BCUT2D eigenvalue weighted by Crippen LogP contribution is -2.62. The number of rotatable bonds is 7. The second-order valence-corrected chi connectivity index (χ2v) is 13.7. The molecule has 11 heteroatoms. The van der Waals surface area contributed by atoms with E-state index in [9.17, 15) is 9.59 Å². The highest BCUT2D eigenvalue weighted by atomic mass is 35.5. The number of hydrogen-bond acceptors (Lipinski definition) is 6. The Balaban J connectivity index is 1.10. The van der Waals surface area contributed by atoms with E-state index in [0.717, 1.165) is 17.5 Å². The first-order valence-corrected chi connectivity index (χ1v) is 15.3. The lowest BCUT2D eigenvalue weighted by atomic mass is 9.71. The third-order valence-corrected chi connectivity index (χ3v) is 10.00. The highest BCUT2D eigenvalue weighted by Crippen LogP contribution is 2.55. The van der Waals surface area contributed by atoms with Gasteiger partial charge in [-0.2, -0.15) is 5.10 Å². The molecular formula is C32H32Cl2N6O3. The molecule has 0 unspecified atom stereocenters. The predicted molar refractivity (Wildman–Crippen MR) is 161 cm³/mol. The van der Waals surface area contributed by atoms with Crippen molar-refractivity contribution in [2.45, 2.75) is 39.2 Å².